The van der Waals surface area contributed by atoms with Crippen LogP contribution in [-0.4, -0.2) is 0 Å². The van der Waals surface area contributed by atoms with Crippen molar-refractivity contribution in [2.75, 3.05) is 5.32 Å². The summed E-state index contributed by atoms with van der Waals surface area (Å²) in [5.41, 5.74) is 10.1. The molecule has 0 spiro atoms. The van der Waals surface area contributed by atoms with Gasteiger partial charge in [0.2, 0.25) is 0 Å². The molecule has 0 amide bonds. The summed E-state index contributed by atoms with van der Waals surface area (Å²) in [6.45, 7) is 4.33. The highest BCUT2D eigenvalue weighted by atomic mass is 14.9. The molecule has 1 nitrogen and oxygen atoms in total. The predicted molar refractivity (Wildman–Crippen MR) is 90.1 cm³/mol. The van der Waals surface area contributed by atoms with E-state index in [4.69, 9.17) is 0 Å². The molecule has 4 rings (SSSR count). The van der Waals surface area contributed by atoms with Crippen molar-refractivity contribution in [2.24, 2.45) is 0 Å². The summed E-state index contributed by atoms with van der Waals surface area (Å²) < 4.78 is 0. The highest BCUT2D eigenvalue weighted by Crippen LogP contribution is 2.45. The molecule has 0 radical (unpaired) electrons. The van der Waals surface area contributed by atoms with Crippen LogP contribution in [0.25, 0.3) is 22.3 Å². The monoisotopic (exact) mass is 271 g/mol. The summed E-state index contributed by atoms with van der Waals surface area (Å²) in [5, 5.41) is 3.69. The van der Waals surface area contributed by atoms with Gasteiger partial charge in [0.1, 0.15) is 0 Å². The molecule has 102 valence electrons. The van der Waals surface area contributed by atoms with E-state index < -0.39 is 0 Å². The van der Waals surface area contributed by atoms with Crippen LogP contribution in [0.3, 0.4) is 0 Å². The molecule has 1 N–H and O–H groups in total. The third kappa shape index (κ3) is 1.78. The number of rotatable bonds is 0. The molecule has 0 aliphatic carbocycles. The Morgan fingerprint density at radius 3 is 1.43 bits per heavy atom. The number of benzene rings is 3. The third-order valence-electron chi connectivity index (χ3n) is 4.30. The second kappa shape index (κ2) is 4.49. The van der Waals surface area contributed by atoms with E-state index in [1.165, 1.54) is 44.8 Å². The average molecular weight is 271 g/mol. The summed E-state index contributed by atoms with van der Waals surface area (Å²) in [6.07, 6.45) is 0. The minimum absolute atomic E-state index is 1.22. The van der Waals surface area contributed by atoms with Gasteiger partial charge in [0.15, 0.2) is 0 Å². The van der Waals surface area contributed by atoms with E-state index in [1.807, 2.05) is 0 Å². The lowest BCUT2D eigenvalue weighted by Crippen LogP contribution is -1.96. The first-order valence-electron chi connectivity index (χ1n) is 7.32. The first-order chi connectivity index (χ1) is 10.3. The maximum absolute atomic E-state index is 3.69. The zero-order chi connectivity index (χ0) is 14.4. The Morgan fingerprint density at radius 1 is 0.524 bits per heavy atom. The van der Waals surface area contributed by atoms with Crippen molar-refractivity contribution in [3.63, 3.8) is 0 Å². The summed E-state index contributed by atoms with van der Waals surface area (Å²) in [7, 11) is 0. The topological polar surface area (TPSA) is 12.0 Å². The minimum atomic E-state index is 1.22. The van der Waals surface area contributed by atoms with Crippen molar-refractivity contribution in [1.82, 2.24) is 0 Å². The lowest BCUT2D eigenvalue weighted by Gasteiger charge is -2.14. The van der Waals surface area contributed by atoms with Gasteiger partial charge in [-0.2, -0.15) is 0 Å². The Balaban J connectivity index is 2.16. The van der Waals surface area contributed by atoms with Gasteiger partial charge in [-0.05, 0) is 36.1 Å². The quantitative estimate of drug-likeness (QED) is 0.433. The lowest BCUT2D eigenvalue weighted by atomic mass is 9.93. The molecule has 0 bridgehead atoms. The van der Waals surface area contributed by atoms with E-state index in [0.717, 1.165) is 0 Å². The molecule has 0 saturated heterocycles. The highest BCUT2D eigenvalue weighted by Gasteiger charge is 2.20. The van der Waals surface area contributed by atoms with Crippen LogP contribution < -0.4 is 5.32 Å². The molecule has 21 heavy (non-hydrogen) atoms. The first kappa shape index (κ1) is 12.2. The van der Waals surface area contributed by atoms with E-state index in [-0.39, 0.29) is 0 Å². The maximum Gasteiger partial charge on any atom is 0.0494 e. The molecule has 0 unspecified atom stereocenters. The molecule has 1 aliphatic heterocycles. The second-order valence-electron chi connectivity index (χ2n) is 5.67. The number of hydrogen-bond acceptors (Lipinski definition) is 1. The number of aryl methyl sites for hydroxylation is 2. The molecule has 1 heterocycles. The standard InChI is InChI=1S/C20H17N/c1-13-7-5-11-17-15-9-3-4-10-16(15)18-12-6-8-14(2)20(18)21-19(13)17/h3-12,21H,1-2H3. The zero-order valence-corrected chi connectivity index (χ0v) is 12.3. The van der Waals surface area contributed by atoms with Gasteiger partial charge >= 0.3 is 0 Å². The number of anilines is 2. The summed E-state index contributed by atoms with van der Waals surface area (Å²) in [6, 6.07) is 21.7. The molecular formula is C20H17N. The van der Waals surface area contributed by atoms with E-state index in [9.17, 15) is 0 Å². The van der Waals surface area contributed by atoms with Crippen LogP contribution in [0.4, 0.5) is 11.4 Å². The molecule has 0 aromatic heterocycles. The normalized spacial score (nSPS) is 11.7. The van der Waals surface area contributed by atoms with Gasteiger partial charge in [0.25, 0.3) is 0 Å². The number of nitrogens with one attached hydrogen (secondary N) is 1. The van der Waals surface area contributed by atoms with Crippen LogP contribution in [0, 0.1) is 13.8 Å². The third-order valence-corrected chi connectivity index (χ3v) is 4.30. The van der Waals surface area contributed by atoms with Crippen LogP contribution in [0.2, 0.25) is 0 Å². The number of fused-ring (bicyclic) bond motifs is 5. The predicted octanol–water partition coefficient (Wildman–Crippen LogP) is 5.69. The van der Waals surface area contributed by atoms with Crippen LogP contribution in [0.5, 0.6) is 0 Å². The van der Waals surface area contributed by atoms with E-state index in [1.54, 1.807) is 0 Å². The van der Waals surface area contributed by atoms with Gasteiger partial charge in [0, 0.05) is 22.5 Å². The van der Waals surface area contributed by atoms with Crippen molar-refractivity contribution in [3.8, 4) is 22.3 Å². The van der Waals surface area contributed by atoms with E-state index >= 15 is 0 Å². The van der Waals surface area contributed by atoms with Crippen molar-refractivity contribution in [3.05, 3.63) is 71.8 Å². The average Bonchev–Trinajstić information content (AvgIpc) is 2.65. The SMILES string of the molecule is Cc1cccc2c1Nc1c(C)cccc1-c1ccccc1-2. The Morgan fingerprint density at radius 2 is 0.952 bits per heavy atom. The molecule has 0 fully saturated rings. The largest absolute Gasteiger partial charge is 0.354 e. The highest BCUT2D eigenvalue weighted by molar-refractivity contribution is 6.00. The molecule has 0 saturated carbocycles. The summed E-state index contributed by atoms with van der Waals surface area (Å²) >= 11 is 0. The Labute approximate surface area is 125 Å². The van der Waals surface area contributed by atoms with Gasteiger partial charge in [-0.25, -0.2) is 0 Å². The van der Waals surface area contributed by atoms with Crippen molar-refractivity contribution in [1.29, 1.82) is 0 Å². The van der Waals surface area contributed by atoms with Gasteiger partial charge < -0.3 is 5.32 Å². The Hall–Kier alpha value is -2.54. The van der Waals surface area contributed by atoms with Gasteiger partial charge in [-0.3, -0.25) is 0 Å². The molecule has 0 atom stereocenters. The van der Waals surface area contributed by atoms with Gasteiger partial charge in [0.05, 0.1) is 0 Å². The smallest absolute Gasteiger partial charge is 0.0494 e. The Bertz CT molecular complexity index is 776. The van der Waals surface area contributed by atoms with Crippen molar-refractivity contribution in [2.45, 2.75) is 13.8 Å². The van der Waals surface area contributed by atoms with Crippen LogP contribution >= 0.6 is 0 Å². The molecule has 3 aromatic rings. The second-order valence-corrected chi connectivity index (χ2v) is 5.67. The fourth-order valence-corrected chi connectivity index (χ4v) is 3.19. The maximum atomic E-state index is 3.69. The molecule has 1 aliphatic rings. The summed E-state index contributed by atoms with van der Waals surface area (Å²) in [4.78, 5) is 0. The van der Waals surface area contributed by atoms with E-state index in [2.05, 4.69) is 79.8 Å². The zero-order valence-electron chi connectivity index (χ0n) is 12.3. The fourth-order valence-electron chi connectivity index (χ4n) is 3.19. The lowest BCUT2D eigenvalue weighted by molar-refractivity contribution is 1.40. The Kier molecular flexibility index (Phi) is 2.61. The van der Waals surface area contributed by atoms with Crippen molar-refractivity contribution < 1.29 is 0 Å². The number of hydrogen-bond donors (Lipinski definition) is 1. The van der Waals surface area contributed by atoms with Crippen LogP contribution in [-0.2, 0) is 0 Å². The van der Waals surface area contributed by atoms with Gasteiger partial charge in [-0.15, -0.1) is 0 Å². The summed E-state index contributed by atoms with van der Waals surface area (Å²) in [5.74, 6) is 0. The fraction of sp³-hybridized carbons (Fsp3) is 0.100. The van der Waals surface area contributed by atoms with Crippen LogP contribution in [0.15, 0.2) is 60.7 Å². The first-order valence-corrected chi connectivity index (χ1v) is 7.32. The molecular weight excluding hydrogens is 254 g/mol. The minimum Gasteiger partial charge on any atom is -0.354 e. The molecule has 1 heteroatoms. The van der Waals surface area contributed by atoms with Gasteiger partial charge in [-0.1, -0.05) is 60.7 Å². The number of para-hydroxylation sites is 2. The molecule has 3 aromatic carbocycles. The van der Waals surface area contributed by atoms with Crippen molar-refractivity contribution >= 4 is 11.4 Å². The van der Waals surface area contributed by atoms with Crippen LogP contribution in [0.1, 0.15) is 11.1 Å². The van der Waals surface area contributed by atoms with E-state index in [0.29, 0.717) is 0 Å².